The first kappa shape index (κ1) is 21.4. The molecule has 0 unspecified atom stereocenters. The lowest BCUT2D eigenvalue weighted by molar-refractivity contribution is 0.0918. The fourth-order valence-electron chi connectivity index (χ4n) is 2.86. The molecule has 7 heteroatoms. The second-order valence-corrected chi connectivity index (χ2v) is 6.82. The second-order valence-electron chi connectivity index (χ2n) is 6.82. The van der Waals surface area contributed by atoms with Gasteiger partial charge in [0, 0.05) is 25.4 Å². The number of methoxy groups -OCH3 is 1. The molecule has 30 heavy (non-hydrogen) atoms. The Morgan fingerprint density at radius 2 is 1.97 bits per heavy atom. The number of aromatic nitrogens is 1. The van der Waals surface area contributed by atoms with Crippen molar-refractivity contribution in [1.82, 2.24) is 10.3 Å². The molecule has 2 heterocycles. The molecular weight excluding hydrogens is 384 g/mol. The van der Waals surface area contributed by atoms with Crippen molar-refractivity contribution in [2.45, 2.75) is 27.0 Å². The molecule has 0 atom stereocenters. The number of benzene rings is 1. The van der Waals surface area contributed by atoms with Crippen LogP contribution in [0.3, 0.4) is 0 Å². The number of pyridine rings is 1. The monoisotopic (exact) mass is 410 g/mol. The minimum Gasteiger partial charge on any atom is -0.485 e. The van der Waals surface area contributed by atoms with Crippen LogP contribution in [0.4, 0.5) is 0 Å². The van der Waals surface area contributed by atoms with Crippen LogP contribution in [0.15, 0.2) is 53.1 Å². The quantitative estimate of drug-likeness (QED) is 0.512. The first-order valence-electron chi connectivity index (χ1n) is 9.69. The fraction of sp³-hybridized carbons (Fsp3) is 0.304. The Kier molecular flexibility index (Phi) is 7.45. The standard InChI is InChI=1S/C23H26N2O5/c1-16-6-8-20(17(2)13-16)29-15-19-7-9-21(30-19)22(26)25-14-18-5-4-10-24-23(18)28-12-11-27-3/h4-10,13H,11-12,14-15H2,1-3H3,(H,25,26). The van der Waals surface area contributed by atoms with Gasteiger partial charge in [-0.3, -0.25) is 4.79 Å². The maximum atomic E-state index is 12.4. The van der Waals surface area contributed by atoms with Gasteiger partial charge in [-0.1, -0.05) is 23.8 Å². The van der Waals surface area contributed by atoms with Gasteiger partial charge in [0.2, 0.25) is 5.88 Å². The van der Waals surface area contributed by atoms with Gasteiger partial charge in [0.15, 0.2) is 5.76 Å². The van der Waals surface area contributed by atoms with Crippen LogP contribution in [0, 0.1) is 13.8 Å². The van der Waals surface area contributed by atoms with Crippen LogP contribution in [0.5, 0.6) is 11.6 Å². The second kappa shape index (κ2) is 10.5. The molecule has 1 N–H and O–H groups in total. The first-order valence-corrected chi connectivity index (χ1v) is 9.69. The largest absolute Gasteiger partial charge is 0.485 e. The van der Waals surface area contributed by atoms with Gasteiger partial charge in [0.05, 0.1) is 6.61 Å². The smallest absolute Gasteiger partial charge is 0.287 e. The first-order chi connectivity index (χ1) is 14.6. The van der Waals surface area contributed by atoms with Crippen LogP contribution in [0.1, 0.15) is 33.0 Å². The zero-order valence-corrected chi connectivity index (χ0v) is 17.4. The molecule has 0 radical (unpaired) electrons. The van der Waals surface area contributed by atoms with Crippen molar-refractivity contribution in [1.29, 1.82) is 0 Å². The van der Waals surface area contributed by atoms with Crippen LogP contribution >= 0.6 is 0 Å². The van der Waals surface area contributed by atoms with E-state index < -0.39 is 0 Å². The summed E-state index contributed by atoms with van der Waals surface area (Å²) in [5.41, 5.74) is 3.00. The molecule has 0 bridgehead atoms. The van der Waals surface area contributed by atoms with Crippen LogP contribution in [0.25, 0.3) is 0 Å². The summed E-state index contributed by atoms with van der Waals surface area (Å²) in [6.07, 6.45) is 1.64. The number of aryl methyl sites for hydroxylation is 2. The third kappa shape index (κ3) is 5.84. The van der Waals surface area contributed by atoms with Crippen LogP contribution in [0.2, 0.25) is 0 Å². The predicted molar refractivity (Wildman–Crippen MR) is 112 cm³/mol. The third-order valence-electron chi connectivity index (χ3n) is 4.40. The van der Waals surface area contributed by atoms with Crippen molar-refractivity contribution in [2.24, 2.45) is 0 Å². The maximum Gasteiger partial charge on any atom is 0.287 e. The number of rotatable bonds is 10. The number of hydrogen-bond acceptors (Lipinski definition) is 6. The maximum absolute atomic E-state index is 12.4. The average Bonchev–Trinajstić information content (AvgIpc) is 3.21. The number of carbonyl (C=O) groups excluding carboxylic acids is 1. The van der Waals surface area contributed by atoms with E-state index in [4.69, 9.17) is 18.6 Å². The molecule has 7 nitrogen and oxygen atoms in total. The zero-order valence-electron chi connectivity index (χ0n) is 17.4. The van der Waals surface area contributed by atoms with Gasteiger partial charge in [0.1, 0.15) is 24.7 Å². The summed E-state index contributed by atoms with van der Waals surface area (Å²) < 4.78 is 22.0. The summed E-state index contributed by atoms with van der Waals surface area (Å²) in [7, 11) is 1.60. The number of nitrogens with zero attached hydrogens (tertiary/aromatic N) is 1. The Balaban J connectivity index is 1.54. The zero-order chi connectivity index (χ0) is 21.3. The lowest BCUT2D eigenvalue weighted by atomic mass is 10.1. The van der Waals surface area contributed by atoms with Gasteiger partial charge < -0.3 is 23.9 Å². The minimum absolute atomic E-state index is 0.222. The summed E-state index contributed by atoms with van der Waals surface area (Å²) in [6, 6.07) is 13.0. The van der Waals surface area contributed by atoms with Gasteiger partial charge in [-0.05, 0) is 43.7 Å². The highest BCUT2D eigenvalue weighted by Crippen LogP contribution is 2.21. The molecule has 1 amide bonds. The van der Waals surface area contributed by atoms with E-state index in [2.05, 4.69) is 16.4 Å². The summed E-state index contributed by atoms with van der Waals surface area (Å²) >= 11 is 0. The molecule has 1 aromatic carbocycles. The highest BCUT2D eigenvalue weighted by Gasteiger charge is 2.13. The molecule has 3 rings (SSSR count). The predicted octanol–water partition coefficient (Wildman–Crippen LogP) is 3.83. The molecule has 0 saturated carbocycles. The van der Waals surface area contributed by atoms with Crippen molar-refractivity contribution in [3.63, 3.8) is 0 Å². The minimum atomic E-state index is -0.320. The lowest BCUT2D eigenvalue weighted by Crippen LogP contribution is -2.23. The summed E-state index contributed by atoms with van der Waals surface area (Å²) in [4.78, 5) is 16.6. The highest BCUT2D eigenvalue weighted by molar-refractivity contribution is 5.91. The molecule has 2 aromatic heterocycles. The van der Waals surface area contributed by atoms with E-state index in [1.165, 1.54) is 5.56 Å². The van der Waals surface area contributed by atoms with Crippen LogP contribution in [-0.4, -0.2) is 31.2 Å². The molecule has 0 fully saturated rings. The van der Waals surface area contributed by atoms with Crippen molar-refractivity contribution >= 4 is 5.91 Å². The average molecular weight is 410 g/mol. The number of ether oxygens (including phenoxy) is 3. The normalized spacial score (nSPS) is 10.6. The van der Waals surface area contributed by atoms with Gasteiger partial charge >= 0.3 is 0 Å². The van der Waals surface area contributed by atoms with E-state index in [0.29, 0.717) is 24.9 Å². The van der Waals surface area contributed by atoms with Crippen molar-refractivity contribution in [3.05, 3.63) is 76.9 Å². The van der Waals surface area contributed by atoms with E-state index in [1.54, 1.807) is 31.5 Å². The molecule has 0 saturated heterocycles. The molecular formula is C23H26N2O5. The van der Waals surface area contributed by atoms with Gasteiger partial charge in [-0.2, -0.15) is 0 Å². The van der Waals surface area contributed by atoms with E-state index in [1.807, 2.05) is 32.0 Å². The van der Waals surface area contributed by atoms with Gasteiger partial charge in [-0.15, -0.1) is 0 Å². The van der Waals surface area contributed by atoms with Gasteiger partial charge in [-0.25, -0.2) is 4.98 Å². The highest BCUT2D eigenvalue weighted by atomic mass is 16.5. The van der Waals surface area contributed by atoms with E-state index in [0.717, 1.165) is 16.9 Å². The molecule has 0 aliphatic carbocycles. The van der Waals surface area contributed by atoms with E-state index in [9.17, 15) is 4.79 Å². The molecule has 3 aromatic rings. The van der Waals surface area contributed by atoms with Crippen molar-refractivity contribution < 1.29 is 23.4 Å². The van der Waals surface area contributed by atoms with E-state index >= 15 is 0 Å². The number of furan rings is 1. The van der Waals surface area contributed by atoms with Crippen molar-refractivity contribution in [3.8, 4) is 11.6 Å². The number of nitrogens with one attached hydrogen (secondary N) is 1. The lowest BCUT2D eigenvalue weighted by Gasteiger charge is -2.10. The number of amides is 1. The molecule has 0 aliphatic heterocycles. The molecule has 158 valence electrons. The summed E-state index contributed by atoms with van der Waals surface area (Å²) in [5.74, 6) is 1.74. The van der Waals surface area contributed by atoms with Crippen LogP contribution < -0.4 is 14.8 Å². The molecule has 0 aliphatic rings. The topological polar surface area (TPSA) is 82.8 Å². The number of hydrogen-bond donors (Lipinski definition) is 1. The Labute approximate surface area is 176 Å². The Morgan fingerprint density at radius 1 is 1.10 bits per heavy atom. The van der Waals surface area contributed by atoms with Crippen molar-refractivity contribution in [2.75, 3.05) is 20.3 Å². The Bertz CT molecular complexity index is 983. The number of carbonyl (C=O) groups is 1. The summed E-state index contributed by atoms with van der Waals surface area (Å²) in [6.45, 7) is 5.39. The summed E-state index contributed by atoms with van der Waals surface area (Å²) in [5, 5.41) is 2.82. The van der Waals surface area contributed by atoms with Gasteiger partial charge in [0.25, 0.3) is 5.91 Å². The Morgan fingerprint density at radius 3 is 2.77 bits per heavy atom. The third-order valence-corrected chi connectivity index (χ3v) is 4.40. The Hall–Kier alpha value is -3.32. The fourth-order valence-corrected chi connectivity index (χ4v) is 2.86. The molecule has 0 spiro atoms. The van der Waals surface area contributed by atoms with Crippen LogP contribution in [-0.2, 0) is 17.9 Å². The SMILES string of the molecule is COCCOc1ncccc1CNC(=O)c1ccc(COc2ccc(C)cc2C)o1. The van der Waals surface area contributed by atoms with E-state index in [-0.39, 0.29) is 24.8 Å².